The quantitative estimate of drug-likeness (QED) is 0.607. The summed E-state index contributed by atoms with van der Waals surface area (Å²) in [5.41, 5.74) is 5.01. The van der Waals surface area contributed by atoms with Crippen LogP contribution in [0.25, 0.3) is 16.3 Å². The zero-order valence-corrected chi connectivity index (χ0v) is 18.6. The first-order valence-corrected chi connectivity index (χ1v) is 10.2. The molecular weight excluding hydrogens is 432 g/mol. The molecule has 0 saturated carbocycles. The second kappa shape index (κ2) is 7.35. The summed E-state index contributed by atoms with van der Waals surface area (Å²) in [7, 11) is 2.15. The monoisotopic (exact) mass is 454 g/mol. The number of benzene rings is 2. The molecule has 6 heteroatoms. The molecule has 1 atom stereocenters. The average molecular weight is 455 g/mol. The SMILES string of the molecule is CC[n+]1c(C=CC2=C3Nc4ccccc4N3N(C)C2C)sc2ccccc21.[Br-]. The molecule has 1 aromatic heterocycles. The summed E-state index contributed by atoms with van der Waals surface area (Å²) >= 11 is 1.85. The average Bonchev–Trinajstić information content (AvgIpc) is 3.31. The van der Waals surface area contributed by atoms with E-state index in [0.29, 0.717) is 6.04 Å². The van der Waals surface area contributed by atoms with Gasteiger partial charge in [-0.15, -0.1) is 0 Å². The van der Waals surface area contributed by atoms with Gasteiger partial charge in [-0.1, -0.05) is 35.6 Å². The third kappa shape index (κ3) is 2.79. The topological polar surface area (TPSA) is 22.4 Å². The lowest BCUT2D eigenvalue weighted by Gasteiger charge is -2.27. The molecule has 1 unspecified atom stereocenters. The predicted octanol–water partition coefficient (Wildman–Crippen LogP) is 1.62. The third-order valence-corrected chi connectivity index (χ3v) is 6.69. The number of para-hydroxylation sites is 3. The van der Waals surface area contributed by atoms with Gasteiger partial charge in [-0.05, 0) is 38.1 Å². The van der Waals surface area contributed by atoms with Crippen LogP contribution in [0.15, 0.2) is 66.0 Å². The Balaban J connectivity index is 0.00000192. The number of halogens is 1. The first-order valence-electron chi connectivity index (χ1n) is 9.41. The Morgan fingerprint density at radius 3 is 2.68 bits per heavy atom. The Morgan fingerprint density at radius 2 is 1.86 bits per heavy atom. The number of aromatic nitrogens is 1. The van der Waals surface area contributed by atoms with Crippen LogP contribution < -0.4 is 31.9 Å². The second-order valence-electron chi connectivity index (χ2n) is 6.99. The van der Waals surface area contributed by atoms with Gasteiger partial charge < -0.3 is 22.3 Å². The van der Waals surface area contributed by atoms with E-state index in [0.717, 1.165) is 6.54 Å². The van der Waals surface area contributed by atoms with Gasteiger partial charge in [-0.3, -0.25) is 5.01 Å². The number of rotatable bonds is 3. The molecule has 2 aliphatic heterocycles. The predicted molar refractivity (Wildman–Crippen MR) is 114 cm³/mol. The zero-order chi connectivity index (χ0) is 18.5. The molecule has 0 spiro atoms. The van der Waals surface area contributed by atoms with Crippen LogP contribution >= 0.6 is 11.3 Å². The molecule has 0 radical (unpaired) electrons. The Hall–Kier alpha value is -2.15. The molecule has 3 aromatic rings. The molecule has 1 N–H and O–H groups in total. The van der Waals surface area contributed by atoms with E-state index in [1.165, 1.54) is 38.0 Å². The fourth-order valence-electron chi connectivity index (χ4n) is 4.04. The van der Waals surface area contributed by atoms with Crippen LogP contribution in [0.3, 0.4) is 0 Å². The summed E-state index contributed by atoms with van der Waals surface area (Å²) in [6.07, 6.45) is 4.56. The van der Waals surface area contributed by atoms with Gasteiger partial charge in [0.05, 0.1) is 17.4 Å². The maximum atomic E-state index is 3.61. The van der Waals surface area contributed by atoms with Crippen molar-refractivity contribution < 1.29 is 21.5 Å². The van der Waals surface area contributed by atoms with Gasteiger partial charge in [-0.2, -0.15) is 4.57 Å². The number of nitrogens with zero attached hydrogens (tertiary/aromatic N) is 3. The van der Waals surface area contributed by atoms with Crippen molar-refractivity contribution in [2.75, 3.05) is 17.4 Å². The summed E-state index contributed by atoms with van der Waals surface area (Å²) in [5, 5.41) is 9.48. The minimum Gasteiger partial charge on any atom is -1.00 e. The number of hydrazine groups is 1. The van der Waals surface area contributed by atoms with E-state index in [1.807, 2.05) is 11.3 Å². The van der Waals surface area contributed by atoms with Crippen LogP contribution in [-0.4, -0.2) is 18.1 Å². The fourth-order valence-corrected chi connectivity index (χ4v) is 5.17. The lowest BCUT2D eigenvalue weighted by molar-refractivity contribution is -0.665. The van der Waals surface area contributed by atoms with Gasteiger partial charge >= 0.3 is 0 Å². The molecule has 2 aliphatic rings. The van der Waals surface area contributed by atoms with Crippen LogP contribution in [0.1, 0.15) is 18.9 Å². The molecule has 144 valence electrons. The maximum Gasteiger partial charge on any atom is 0.262 e. The van der Waals surface area contributed by atoms with Crippen molar-refractivity contribution in [2.45, 2.75) is 26.4 Å². The summed E-state index contributed by atoms with van der Waals surface area (Å²) in [5.74, 6) is 1.17. The number of hydrogen-bond donors (Lipinski definition) is 1. The summed E-state index contributed by atoms with van der Waals surface area (Å²) < 4.78 is 3.72. The van der Waals surface area contributed by atoms with Gasteiger partial charge in [0, 0.05) is 24.8 Å². The highest BCUT2D eigenvalue weighted by atomic mass is 79.9. The number of aryl methyl sites for hydroxylation is 1. The minimum absolute atomic E-state index is 0. The van der Waals surface area contributed by atoms with Gasteiger partial charge in [0.15, 0.2) is 0 Å². The van der Waals surface area contributed by atoms with Crippen molar-refractivity contribution >= 4 is 39.0 Å². The van der Waals surface area contributed by atoms with Crippen molar-refractivity contribution in [3.05, 3.63) is 71.0 Å². The third-order valence-electron chi connectivity index (χ3n) is 5.55. The standard InChI is InChI=1S/C22H22N4S.BrH/c1-4-25-19-11-7-8-12-20(19)27-21(25)14-13-16-15(2)24(3)26-18-10-6-5-9-17(18)23-22(16)26;/h5-15H,4H2,1-3H3;1H. The maximum absolute atomic E-state index is 3.61. The van der Waals surface area contributed by atoms with E-state index in [1.54, 1.807) is 0 Å². The van der Waals surface area contributed by atoms with Crippen LogP contribution in [0.4, 0.5) is 11.4 Å². The second-order valence-corrected chi connectivity index (χ2v) is 8.06. The summed E-state index contributed by atoms with van der Waals surface area (Å²) in [4.78, 5) is 0. The number of anilines is 2. The van der Waals surface area contributed by atoms with Gasteiger partial charge in [0.1, 0.15) is 17.1 Å². The van der Waals surface area contributed by atoms with E-state index in [4.69, 9.17) is 0 Å². The highest BCUT2D eigenvalue weighted by Crippen LogP contribution is 2.43. The van der Waals surface area contributed by atoms with E-state index in [9.17, 15) is 0 Å². The minimum atomic E-state index is 0. The number of likely N-dealkylation sites (N-methyl/N-ethyl adjacent to an activating group) is 1. The first kappa shape index (κ1) is 19.2. The fraction of sp³-hybridized carbons (Fsp3) is 0.227. The molecule has 5 rings (SSSR count). The zero-order valence-electron chi connectivity index (χ0n) is 16.2. The summed E-state index contributed by atoms with van der Waals surface area (Å²) in [6.45, 7) is 5.44. The Morgan fingerprint density at radius 1 is 1.11 bits per heavy atom. The van der Waals surface area contributed by atoms with Crippen LogP contribution in [0.5, 0.6) is 0 Å². The van der Waals surface area contributed by atoms with Crippen molar-refractivity contribution in [3.8, 4) is 0 Å². The molecule has 0 saturated heterocycles. The summed E-state index contributed by atoms with van der Waals surface area (Å²) in [6, 6.07) is 17.4. The van der Waals surface area contributed by atoms with Crippen LogP contribution in [-0.2, 0) is 6.54 Å². The molecule has 28 heavy (non-hydrogen) atoms. The van der Waals surface area contributed by atoms with Crippen LogP contribution in [0, 0.1) is 0 Å². The molecule has 4 nitrogen and oxygen atoms in total. The first-order chi connectivity index (χ1) is 13.2. The van der Waals surface area contributed by atoms with Crippen molar-refractivity contribution in [2.24, 2.45) is 0 Å². The lowest BCUT2D eigenvalue weighted by Crippen LogP contribution is -3.00. The molecule has 0 aliphatic carbocycles. The van der Waals surface area contributed by atoms with Crippen molar-refractivity contribution in [1.82, 2.24) is 5.01 Å². The molecule has 0 fully saturated rings. The van der Waals surface area contributed by atoms with Gasteiger partial charge in [0.2, 0.25) is 5.52 Å². The lowest BCUT2D eigenvalue weighted by atomic mass is 10.1. The normalized spacial score (nSPS) is 18.5. The molecule has 0 amide bonds. The Labute approximate surface area is 180 Å². The van der Waals surface area contributed by atoms with E-state index in [-0.39, 0.29) is 17.0 Å². The van der Waals surface area contributed by atoms with Crippen molar-refractivity contribution in [1.29, 1.82) is 0 Å². The number of thiazole rings is 1. The van der Waals surface area contributed by atoms with E-state index >= 15 is 0 Å². The number of fused-ring (bicyclic) bond motifs is 4. The van der Waals surface area contributed by atoms with Crippen LogP contribution in [0.2, 0.25) is 0 Å². The van der Waals surface area contributed by atoms with Gasteiger partial charge in [0.25, 0.3) is 5.01 Å². The van der Waals surface area contributed by atoms with E-state index < -0.39 is 0 Å². The Kier molecular flexibility index (Phi) is 5.04. The van der Waals surface area contributed by atoms with E-state index in [2.05, 4.69) is 101 Å². The highest BCUT2D eigenvalue weighted by molar-refractivity contribution is 7.18. The van der Waals surface area contributed by atoms with Crippen molar-refractivity contribution in [3.63, 3.8) is 0 Å². The Bertz CT molecular complexity index is 1100. The smallest absolute Gasteiger partial charge is 0.262 e. The number of nitrogens with one attached hydrogen (secondary N) is 1. The molecule has 0 bridgehead atoms. The van der Waals surface area contributed by atoms with Gasteiger partial charge in [-0.25, -0.2) is 5.01 Å². The number of hydrogen-bond acceptors (Lipinski definition) is 4. The largest absolute Gasteiger partial charge is 1.00 e. The molecule has 2 aromatic carbocycles. The molecule has 3 heterocycles. The molecular formula is C22H23BrN4S. The highest BCUT2D eigenvalue weighted by Gasteiger charge is 2.38.